The fourth-order valence-corrected chi connectivity index (χ4v) is 4.31. The number of nitrogens with zero attached hydrogens (tertiary/aromatic N) is 1. The lowest BCUT2D eigenvalue weighted by Gasteiger charge is -2.14. The maximum atomic E-state index is 12.0. The molecule has 0 bridgehead atoms. The highest BCUT2D eigenvalue weighted by Crippen LogP contribution is 2.32. The molecule has 1 aromatic rings. The lowest BCUT2D eigenvalue weighted by Crippen LogP contribution is -2.27. The van der Waals surface area contributed by atoms with Crippen molar-refractivity contribution in [2.24, 2.45) is 0 Å². The summed E-state index contributed by atoms with van der Waals surface area (Å²) in [5.41, 5.74) is 1.18. The molecular formula is C26H39NO3. The van der Waals surface area contributed by atoms with Crippen LogP contribution >= 0.6 is 0 Å². The van der Waals surface area contributed by atoms with Crippen molar-refractivity contribution < 1.29 is 14.3 Å². The first kappa shape index (κ1) is 22.7. The minimum absolute atomic E-state index is 0.336. The summed E-state index contributed by atoms with van der Waals surface area (Å²) in [6, 6.07) is 6.11. The Morgan fingerprint density at radius 2 is 1.47 bits per heavy atom. The van der Waals surface area contributed by atoms with E-state index in [1.54, 1.807) is 0 Å². The molecule has 0 aliphatic carbocycles. The summed E-state index contributed by atoms with van der Waals surface area (Å²) < 4.78 is 10.8. The van der Waals surface area contributed by atoms with E-state index < -0.39 is 0 Å². The molecular weight excluding hydrogens is 374 g/mol. The minimum atomic E-state index is 0.336. The number of amides is 1. The van der Waals surface area contributed by atoms with Gasteiger partial charge in [-0.05, 0) is 49.8 Å². The molecule has 0 radical (unpaired) electrons. The maximum absolute atomic E-state index is 12.0. The van der Waals surface area contributed by atoms with Gasteiger partial charge in [-0.3, -0.25) is 4.79 Å². The van der Waals surface area contributed by atoms with Gasteiger partial charge in [0.2, 0.25) is 12.7 Å². The highest BCUT2D eigenvalue weighted by molar-refractivity contribution is 5.76. The number of ether oxygens (including phenoxy) is 2. The summed E-state index contributed by atoms with van der Waals surface area (Å²) in [5.74, 6) is 2.09. The summed E-state index contributed by atoms with van der Waals surface area (Å²) in [6.07, 6.45) is 21.7. The zero-order valence-corrected chi connectivity index (χ0v) is 18.6. The van der Waals surface area contributed by atoms with Crippen LogP contribution in [-0.2, 0) is 4.79 Å². The highest BCUT2D eigenvalue weighted by Gasteiger charge is 2.16. The van der Waals surface area contributed by atoms with Gasteiger partial charge in [0.05, 0.1) is 0 Å². The molecule has 2 aliphatic heterocycles. The van der Waals surface area contributed by atoms with Gasteiger partial charge < -0.3 is 14.4 Å². The van der Waals surface area contributed by atoms with Gasteiger partial charge >= 0.3 is 0 Å². The summed E-state index contributed by atoms with van der Waals surface area (Å²) in [6.45, 7) is 2.33. The molecule has 0 N–H and O–H groups in total. The number of carbonyl (C=O) groups excluding carboxylic acids is 1. The van der Waals surface area contributed by atoms with Gasteiger partial charge in [0, 0.05) is 19.5 Å². The number of hydrogen-bond acceptors (Lipinski definition) is 3. The van der Waals surface area contributed by atoms with E-state index in [4.69, 9.17) is 9.47 Å². The Balaban J connectivity index is 1.08. The quantitative estimate of drug-likeness (QED) is 0.317. The van der Waals surface area contributed by atoms with Crippen LogP contribution in [0.25, 0.3) is 6.08 Å². The second kappa shape index (κ2) is 13.4. The molecule has 3 rings (SSSR count). The molecule has 0 atom stereocenters. The number of benzene rings is 1. The van der Waals surface area contributed by atoms with Crippen LogP contribution in [0.4, 0.5) is 0 Å². The van der Waals surface area contributed by atoms with Crippen LogP contribution < -0.4 is 9.47 Å². The Morgan fingerprint density at radius 1 is 0.833 bits per heavy atom. The van der Waals surface area contributed by atoms with Crippen molar-refractivity contribution in [3.63, 3.8) is 0 Å². The Morgan fingerprint density at radius 3 is 2.20 bits per heavy atom. The van der Waals surface area contributed by atoms with E-state index in [-0.39, 0.29) is 0 Å². The normalized spacial score (nSPS) is 15.4. The maximum Gasteiger partial charge on any atom is 0.231 e. The number of fused-ring (bicyclic) bond motifs is 1. The lowest BCUT2D eigenvalue weighted by atomic mass is 10.0. The van der Waals surface area contributed by atoms with Crippen LogP contribution in [0.5, 0.6) is 11.5 Å². The molecule has 0 saturated carbocycles. The monoisotopic (exact) mass is 413 g/mol. The van der Waals surface area contributed by atoms with Crippen LogP contribution in [0.3, 0.4) is 0 Å². The fraction of sp³-hybridized carbons (Fsp3) is 0.654. The van der Waals surface area contributed by atoms with Crippen molar-refractivity contribution in [1.29, 1.82) is 0 Å². The van der Waals surface area contributed by atoms with Crippen molar-refractivity contribution >= 4 is 12.0 Å². The Bertz CT molecular complexity index is 664. The van der Waals surface area contributed by atoms with Crippen molar-refractivity contribution in [3.05, 3.63) is 29.8 Å². The number of rotatable bonds is 14. The molecule has 166 valence electrons. The predicted molar refractivity (Wildman–Crippen MR) is 123 cm³/mol. The van der Waals surface area contributed by atoms with E-state index in [2.05, 4.69) is 18.2 Å². The largest absolute Gasteiger partial charge is 0.454 e. The van der Waals surface area contributed by atoms with Crippen molar-refractivity contribution in [3.8, 4) is 11.5 Å². The second-order valence-electron chi connectivity index (χ2n) is 8.68. The summed E-state index contributed by atoms with van der Waals surface area (Å²) >= 11 is 0. The molecule has 0 spiro atoms. The minimum Gasteiger partial charge on any atom is -0.454 e. The fourth-order valence-electron chi connectivity index (χ4n) is 4.31. The summed E-state index contributed by atoms with van der Waals surface area (Å²) in [7, 11) is 0. The number of allylic oxidation sites excluding steroid dienone is 1. The number of hydrogen-bond donors (Lipinski definition) is 0. The first-order valence-corrected chi connectivity index (χ1v) is 12.2. The van der Waals surface area contributed by atoms with Gasteiger partial charge in [0.1, 0.15) is 0 Å². The molecule has 2 aliphatic rings. The van der Waals surface area contributed by atoms with Crippen LogP contribution in [0.15, 0.2) is 24.3 Å². The van der Waals surface area contributed by atoms with Gasteiger partial charge in [0.15, 0.2) is 11.5 Å². The van der Waals surface area contributed by atoms with Crippen molar-refractivity contribution in [2.75, 3.05) is 19.9 Å². The van der Waals surface area contributed by atoms with Gasteiger partial charge in [-0.25, -0.2) is 0 Å². The average molecular weight is 414 g/mol. The van der Waals surface area contributed by atoms with Gasteiger partial charge in [-0.1, -0.05) is 69.6 Å². The summed E-state index contributed by atoms with van der Waals surface area (Å²) in [4.78, 5) is 14.0. The smallest absolute Gasteiger partial charge is 0.231 e. The topological polar surface area (TPSA) is 38.8 Å². The van der Waals surface area contributed by atoms with E-state index in [0.29, 0.717) is 12.7 Å². The van der Waals surface area contributed by atoms with E-state index in [1.807, 2.05) is 17.0 Å². The predicted octanol–water partition coefficient (Wildman–Crippen LogP) is 6.73. The Hall–Kier alpha value is -1.97. The third kappa shape index (κ3) is 8.04. The molecule has 4 nitrogen and oxygen atoms in total. The van der Waals surface area contributed by atoms with Crippen LogP contribution in [0.1, 0.15) is 95.5 Å². The average Bonchev–Trinajstić information content (AvgIpc) is 3.45. The van der Waals surface area contributed by atoms with Crippen molar-refractivity contribution in [1.82, 2.24) is 4.90 Å². The third-order valence-electron chi connectivity index (χ3n) is 6.18. The SMILES string of the molecule is O=C(CCCCCCCCCCCC/C=C/c1ccc2c(c1)OCO2)N1CCCC1. The van der Waals surface area contributed by atoms with Crippen molar-refractivity contribution in [2.45, 2.75) is 89.9 Å². The van der Waals surface area contributed by atoms with Crippen LogP contribution in [0, 0.1) is 0 Å². The molecule has 1 fully saturated rings. The molecule has 0 aromatic heterocycles. The third-order valence-corrected chi connectivity index (χ3v) is 6.18. The molecule has 30 heavy (non-hydrogen) atoms. The first-order valence-electron chi connectivity index (χ1n) is 12.2. The van der Waals surface area contributed by atoms with E-state index in [9.17, 15) is 4.79 Å². The molecule has 1 amide bonds. The molecule has 1 saturated heterocycles. The zero-order chi connectivity index (χ0) is 20.9. The molecule has 2 heterocycles. The Labute approximate surface area is 182 Å². The first-order chi connectivity index (χ1) is 14.8. The number of unbranched alkanes of at least 4 members (excludes halogenated alkanes) is 10. The van der Waals surface area contributed by atoms with Gasteiger partial charge in [0.25, 0.3) is 0 Å². The lowest BCUT2D eigenvalue weighted by molar-refractivity contribution is -0.130. The summed E-state index contributed by atoms with van der Waals surface area (Å²) in [5, 5.41) is 0. The van der Waals surface area contributed by atoms with Crippen LogP contribution in [-0.4, -0.2) is 30.7 Å². The molecule has 0 unspecified atom stereocenters. The molecule has 4 heteroatoms. The number of carbonyl (C=O) groups is 1. The second-order valence-corrected chi connectivity index (χ2v) is 8.68. The molecule has 1 aromatic carbocycles. The standard InChI is InChI=1S/C26H39NO3/c28-26(27-19-13-14-20-27)16-12-10-8-6-4-2-1-3-5-7-9-11-15-23-17-18-24-25(21-23)30-22-29-24/h11,15,17-18,21H,1-10,12-14,16,19-20,22H2/b15-11+. The Kier molecular flexibility index (Phi) is 10.1. The highest BCUT2D eigenvalue weighted by atomic mass is 16.7. The van der Waals surface area contributed by atoms with E-state index in [0.717, 1.165) is 43.9 Å². The number of likely N-dealkylation sites (tertiary alicyclic amines) is 1. The van der Waals surface area contributed by atoms with Gasteiger partial charge in [-0.2, -0.15) is 0 Å². The zero-order valence-electron chi connectivity index (χ0n) is 18.6. The van der Waals surface area contributed by atoms with Crippen LogP contribution in [0.2, 0.25) is 0 Å². The van der Waals surface area contributed by atoms with E-state index >= 15 is 0 Å². The van der Waals surface area contributed by atoms with Gasteiger partial charge in [-0.15, -0.1) is 0 Å². The van der Waals surface area contributed by atoms with E-state index in [1.165, 1.54) is 76.2 Å².